The molecule has 1 aliphatic heterocycles. The number of rotatable bonds is 6. The molecule has 4 saturated carbocycles. The number of amides is 2. The van der Waals surface area contributed by atoms with Gasteiger partial charge in [0.05, 0.1) is 17.7 Å². The number of benzene rings is 1. The Morgan fingerprint density at radius 2 is 1.70 bits per heavy atom. The fourth-order valence-electron chi connectivity index (χ4n) is 7.29. The summed E-state index contributed by atoms with van der Waals surface area (Å²) in [5.74, 6) is 2.49. The van der Waals surface area contributed by atoms with E-state index in [0.29, 0.717) is 6.54 Å². The molecule has 1 heterocycles. The van der Waals surface area contributed by atoms with Gasteiger partial charge in [-0.3, -0.25) is 0 Å². The summed E-state index contributed by atoms with van der Waals surface area (Å²) in [4.78, 5) is 13.4. The van der Waals surface area contributed by atoms with Crippen molar-refractivity contribution < 1.29 is 4.79 Å². The van der Waals surface area contributed by atoms with Crippen LogP contribution in [0.5, 0.6) is 0 Å². The normalized spacial score (nSPS) is 36.8. The third-order valence-corrected chi connectivity index (χ3v) is 8.42. The van der Waals surface area contributed by atoms with Crippen molar-refractivity contribution in [3.63, 3.8) is 0 Å². The minimum atomic E-state index is -0.187. The Morgan fingerprint density at radius 3 is 2.30 bits per heavy atom. The van der Waals surface area contributed by atoms with Crippen molar-refractivity contribution in [3.05, 3.63) is 35.9 Å². The number of hydrogen-bond acceptors (Lipinski definition) is 2. The van der Waals surface area contributed by atoms with E-state index in [4.69, 9.17) is 5.10 Å². The molecule has 4 nitrogen and oxygen atoms in total. The van der Waals surface area contributed by atoms with Gasteiger partial charge >= 0.3 is 6.03 Å². The Bertz CT molecular complexity index is 782. The maximum Gasteiger partial charge on any atom is 0.338 e. The lowest BCUT2D eigenvalue weighted by Crippen LogP contribution is -2.61. The minimum absolute atomic E-state index is 0.0320. The summed E-state index contributed by atoms with van der Waals surface area (Å²) in [5.41, 5.74) is 2.29. The van der Waals surface area contributed by atoms with Gasteiger partial charge in [-0.2, -0.15) is 5.10 Å². The number of nitrogens with one attached hydrogen (secondary N) is 1. The van der Waals surface area contributed by atoms with Crippen LogP contribution in [0, 0.1) is 17.8 Å². The fraction of sp³-hybridized carbons (Fsp3) is 0.692. The number of hydrogen-bond donors (Lipinski definition) is 1. The van der Waals surface area contributed by atoms with Crippen molar-refractivity contribution in [1.82, 2.24) is 10.3 Å². The van der Waals surface area contributed by atoms with Gasteiger partial charge in [-0.1, -0.05) is 50.1 Å². The Morgan fingerprint density at radius 1 is 1.07 bits per heavy atom. The predicted octanol–water partition coefficient (Wildman–Crippen LogP) is 5.87. The van der Waals surface area contributed by atoms with E-state index in [2.05, 4.69) is 49.5 Å². The van der Waals surface area contributed by atoms with Crippen LogP contribution in [-0.2, 0) is 5.41 Å². The van der Waals surface area contributed by atoms with Gasteiger partial charge in [-0.25, -0.2) is 9.80 Å². The van der Waals surface area contributed by atoms with Crippen LogP contribution in [0.1, 0.15) is 83.6 Å². The predicted molar refractivity (Wildman–Crippen MR) is 122 cm³/mol. The number of carbonyl (C=O) groups excluding carboxylic acids is 1. The fourth-order valence-corrected chi connectivity index (χ4v) is 7.29. The second-order valence-corrected chi connectivity index (χ2v) is 10.9. The molecule has 0 aromatic heterocycles. The van der Waals surface area contributed by atoms with Crippen molar-refractivity contribution in [3.8, 4) is 0 Å². The molecule has 4 aliphatic carbocycles. The zero-order valence-corrected chi connectivity index (χ0v) is 18.7. The Hall–Kier alpha value is -1.84. The lowest BCUT2D eigenvalue weighted by atomic mass is 9.53. The maximum atomic E-state index is 13.4. The minimum Gasteiger partial charge on any atom is -0.331 e. The van der Waals surface area contributed by atoms with Gasteiger partial charge in [0, 0.05) is 5.54 Å². The summed E-state index contributed by atoms with van der Waals surface area (Å²) in [6.07, 6.45) is 12.3. The van der Waals surface area contributed by atoms with Crippen LogP contribution in [0.3, 0.4) is 0 Å². The van der Waals surface area contributed by atoms with Crippen LogP contribution < -0.4 is 5.32 Å². The highest BCUT2D eigenvalue weighted by molar-refractivity contribution is 5.98. The van der Waals surface area contributed by atoms with E-state index in [-0.39, 0.29) is 17.0 Å². The molecular weight excluding hydrogens is 370 g/mol. The van der Waals surface area contributed by atoms with Crippen LogP contribution in [0.4, 0.5) is 4.79 Å². The zero-order valence-electron chi connectivity index (χ0n) is 18.7. The molecule has 30 heavy (non-hydrogen) atoms. The molecule has 1 aromatic rings. The average molecular weight is 408 g/mol. The molecule has 162 valence electrons. The average Bonchev–Trinajstić information content (AvgIpc) is 3.06. The van der Waals surface area contributed by atoms with Gasteiger partial charge in [0.25, 0.3) is 0 Å². The first kappa shape index (κ1) is 20.1. The van der Waals surface area contributed by atoms with E-state index >= 15 is 0 Å². The van der Waals surface area contributed by atoms with Gasteiger partial charge in [0.2, 0.25) is 0 Å². The molecule has 4 heteroatoms. The Balaban J connectivity index is 1.34. The van der Waals surface area contributed by atoms with Crippen LogP contribution in [0.25, 0.3) is 0 Å². The molecule has 1 aromatic carbocycles. The summed E-state index contributed by atoms with van der Waals surface area (Å²) in [7, 11) is 0. The number of nitrogens with zero attached hydrogens (tertiary/aromatic N) is 2. The molecule has 0 radical (unpaired) electrons. The Kier molecular flexibility index (Phi) is 5.15. The summed E-state index contributed by atoms with van der Waals surface area (Å²) in [6.45, 7) is 5.15. The first-order valence-corrected chi connectivity index (χ1v) is 12.2. The maximum absolute atomic E-state index is 13.4. The van der Waals surface area contributed by atoms with Crippen molar-refractivity contribution in [1.29, 1.82) is 0 Å². The summed E-state index contributed by atoms with van der Waals surface area (Å²) >= 11 is 0. The van der Waals surface area contributed by atoms with E-state index in [0.717, 1.165) is 30.6 Å². The van der Waals surface area contributed by atoms with Crippen LogP contribution in [0.2, 0.25) is 0 Å². The highest BCUT2D eigenvalue weighted by Gasteiger charge is 2.52. The van der Waals surface area contributed by atoms with Gasteiger partial charge < -0.3 is 5.32 Å². The van der Waals surface area contributed by atoms with E-state index in [1.807, 2.05) is 0 Å². The molecule has 4 bridgehead atoms. The standard InChI is InChI=1S/C26H37N3O/c1-3-4-6-11-23-25(2,22-9-7-5-8-10-22)18-29(28-23)24(30)27-26-15-19-12-20(16-26)14-21(13-19)17-26/h5,7-10,19-21H,3-4,6,11-18H2,1-2H3,(H,27,30). The highest BCUT2D eigenvalue weighted by Crippen LogP contribution is 2.55. The highest BCUT2D eigenvalue weighted by atomic mass is 16.2. The van der Waals surface area contributed by atoms with Crippen LogP contribution in [0.15, 0.2) is 35.4 Å². The lowest BCUT2D eigenvalue weighted by molar-refractivity contribution is -0.0156. The number of hydrazone groups is 1. The third-order valence-electron chi connectivity index (χ3n) is 8.42. The van der Waals surface area contributed by atoms with Crippen molar-refractivity contribution in [2.24, 2.45) is 22.9 Å². The van der Waals surface area contributed by atoms with E-state index in [9.17, 15) is 4.79 Å². The molecule has 1 atom stereocenters. The molecule has 0 spiro atoms. The number of urea groups is 1. The molecule has 0 saturated heterocycles. The van der Waals surface area contributed by atoms with Crippen molar-refractivity contribution in [2.45, 2.75) is 89.0 Å². The smallest absolute Gasteiger partial charge is 0.331 e. The van der Waals surface area contributed by atoms with E-state index < -0.39 is 0 Å². The molecular formula is C26H37N3O. The molecule has 6 rings (SSSR count). The van der Waals surface area contributed by atoms with Crippen LogP contribution >= 0.6 is 0 Å². The second kappa shape index (κ2) is 7.69. The van der Waals surface area contributed by atoms with Gasteiger partial charge in [0.15, 0.2) is 0 Å². The lowest BCUT2D eigenvalue weighted by Gasteiger charge is -2.56. The summed E-state index contributed by atoms with van der Waals surface area (Å²) in [6, 6.07) is 10.7. The largest absolute Gasteiger partial charge is 0.338 e. The first-order valence-electron chi connectivity index (χ1n) is 12.2. The third kappa shape index (κ3) is 3.56. The van der Waals surface area contributed by atoms with Crippen molar-refractivity contribution >= 4 is 11.7 Å². The van der Waals surface area contributed by atoms with Crippen LogP contribution in [-0.4, -0.2) is 28.8 Å². The van der Waals surface area contributed by atoms with Gasteiger partial charge in [-0.15, -0.1) is 0 Å². The Labute approximate surface area is 181 Å². The van der Waals surface area contributed by atoms with Gasteiger partial charge in [-0.05, 0) is 81.6 Å². The monoisotopic (exact) mass is 407 g/mol. The van der Waals surface area contributed by atoms with E-state index in [1.54, 1.807) is 5.01 Å². The summed E-state index contributed by atoms with van der Waals surface area (Å²) < 4.78 is 0. The topological polar surface area (TPSA) is 44.7 Å². The molecule has 4 fully saturated rings. The molecule has 5 aliphatic rings. The molecule has 1 N–H and O–H groups in total. The molecule has 2 amide bonds. The number of unbranched alkanes of at least 4 members (excludes halogenated alkanes) is 2. The quantitative estimate of drug-likeness (QED) is 0.589. The molecule has 1 unspecified atom stereocenters. The second-order valence-electron chi connectivity index (χ2n) is 10.9. The summed E-state index contributed by atoms with van der Waals surface area (Å²) in [5, 5.41) is 10.2. The zero-order chi connectivity index (χ0) is 20.8. The van der Waals surface area contributed by atoms with Crippen molar-refractivity contribution in [2.75, 3.05) is 6.54 Å². The SMILES string of the molecule is CCCCCC1=NN(C(=O)NC23CC4CC(CC(C4)C2)C3)CC1(C)c1ccccc1. The number of carbonyl (C=O) groups is 1. The van der Waals surface area contributed by atoms with E-state index in [1.165, 1.54) is 62.6 Å². The van der Waals surface area contributed by atoms with Gasteiger partial charge in [0.1, 0.15) is 0 Å². The first-order chi connectivity index (χ1) is 14.5.